The first-order chi connectivity index (χ1) is 6.03. The molecule has 2 rings (SSSR count). The molecule has 0 spiro atoms. The van der Waals surface area contributed by atoms with E-state index < -0.39 is 0 Å². The summed E-state index contributed by atoms with van der Waals surface area (Å²) in [6.07, 6.45) is 2.06. The third-order valence-electron chi connectivity index (χ3n) is 2.20. The van der Waals surface area contributed by atoms with Crippen LogP contribution in [-0.4, -0.2) is 19.1 Å². The van der Waals surface area contributed by atoms with Gasteiger partial charge in [0.25, 0.3) is 0 Å². The Bertz CT molecular complexity index is 330. The Balaban J connectivity index is 2.36. The molecule has 1 saturated carbocycles. The second-order valence-electron chi connectivity index (χ2n) is 3.67. The van der Waals surface area contributed by atoms with Crippen molar-refractivity contribution in [2.75, 3.05) is 19.0 Å². The number of aromatic nitrogens is 1. The Morgan fingerprint density at radius 1 is 1.54 bits per heavy atom. The fraction of sp³-hybridized carbons (Fsp3) is 0.625. The third kappa shape index (κ3) is 1.54. The lowest BCUT2D eigenvalue weighted by Crippen LogP contribution is -2.17. The molecule has 72 valence electrons. The highest BCUT2D eigenvalue weighted by atomic mass is 35.5. The molecular weight excluding hydrogens is 206 g/mol. The van der Waals surface area contributed by atoms with E-state index >= 15 is 0 Å². The molecule has 0 atom stereocenters. The predicted octanol–water partition coefficient (Wildman–Crippen LogP) is 1.81. The summed E-state index contributed by atoms with van der Waals surface area (Å²) in [5, 5.41) is 1.51. The second kappa shape index (κ2) is 2.83. The minimum Gasteiger partial charge on any atom is -0.354 e. The zero-order valence-electron chi connectivity index (χ0n) is 7.67. The number of anilines is 1. The van der Waals surface area contributed by atoms with E-state index in [1.807, 2.05) is 19.0 Å². The smallest absolute Gasteiger partial charge is 0.186 e. The van der Waals surface area contributed by atoms with E-state index in [1.165, 1.54) is 0 Å². The summed E-state index contributed by atoms with van der Waals surface area (Å²) in [4.78, 5) is 7.24. The van der Waals surface area contributed by atoms with E-state index in [4.69, 9.17) is 17.3 Å². The molecule has 0 aliphatic heterocycles. The van der Waals surface area contributed by atoms with E-state index in [2.05, 4.69) is 4.98 Å². The van der Waals surface area contributed by atoms with Crippen LogP contribution in [-0.2, 0) is 5.54 Å². The standard InChI is InChI=1S/C8H12ClN3S/c1-12(2)7-11-6(9)5(13-7)8(10)3-4-8/h3-4,10H2,1-2H3. The fourth-order valence-electron chi connectivity index (χ4n) is 1.15. The normalized spacial score (nSPS) is 18.8. The summed E-state index contributed by atoms with van der Waals surface area (Å²) in [6, 6.07) is 0. The van der Waals surface area contributed by atoms with Crippen molar-refractivity contribution in [3.05, 3.63) is 10.0 Å². The lowest BCUT2D eigenvalue weighted by Gasteiger charge is -2.06. The van der Waals surface area contributed by atoms with E-state index in [9.17, 15) is 0 Å². The largest absolute Gasteiger partial charge is 0.354 e. The minimum absolute atomic E-state index is 0.164. The Morgan fingerprint density at radius 3 is 2.54 bits per heavy atom. The predicted molar refractivity (Wildman–Crippen MR) is 56.6 cm³/mol. The Hall–Kier alpha value is -0.320. The molecule has 1 fully saturated rings. The average Bonchev–Trinajstić information content (AvgIpc) is 2.63. The molecule has 2 N–H and O–H groups in total. The average molecular weight is 218 g/mol. The second-order valence-corrected chi connectivity index (χ2v) is 5.00. The van der Waals surface area contributed by atoms with Gasteiger partial charge in [-0.05, 0) is 12.8 Å². The topological polar surface area (TPSA) is 42.2 Å². The molecule has 1 aromatic rings. The van der Waals surface area contributed by atoms with Gasteiger partial charge in [0.15, 0.2) is 5.13 Å². The summed E-state index contributed by atoms with van der Waals surface area (Å²) < 4.78 is 0. The van der Waals surface area contributed by atoms with E-state index in [-0.39, 0.29) is 5.54 Å². The monoisotopic (exact) mass is 217 g/mol. The number of nitrogens with two attached hydrogens (primary N) is 1. The molecule has 0 bridgehead atoms. The molecule has 0 aromatic carbocycles. The zero-order valence-corrected chi connectivity index (χ0v) is 9.24. The van der Waals surface area contributed by atoms with Crippen LogP contribution in [0.15, 0.2) is 0 Å². The number of thiazole rings is 1. The summed E-state index contributed by atoms with van der Waals surface area (Å²) >= 11 is 7.60. The van der Waals surface area contributed by atoms with Crippen molar-refractivity contribution in [2.45, 2.75) is 18.4 Å². The van der Waals surface area contributed by atoms with Crippen molar-refractivity contribution < 1.29 is 0 Å². The summed E-state index contributed by atoms with van der Waals surface area (Å²) in [7, 11) is 3.91. The van der Waals surface area contributed by atoms with Gasteiger partial charge in [0.05, 0.1) is 10.4 Å². The van der Waals surface area contributed by atoms with Crippen LogP contribution in [0.1, 0.15) is 17.7 Å². The molecule has 0 unspecified atom stereocenters. The van der Waals surface area contributed by atoms with Crippen LogP contribution in [0.3, 0.4) is 0 Å². The number of hydrogen-bond donors (Lipinski definition) is 1. The Kier molecular flexibility index (Phi) is 2.02. The number of halogens is 1. The van der Waals surface area contributed by atoms with Gasteiger partial charge in [-0.3, -0.25) is 0 Å². The van der Waals surface area contributed by atoms with Crippen molar-refractivity contribution in [3.63, 3.8) is 0 Å². The quantitative estimate of drug-likeness (QED) is 0.822. The highest BCUT2D eigenvalue weighted by molar-refractivity contribution is 7.16. The van der Waals surface area contributed by atoms with Gasteiger partial charge in [0, 0.05) is 14.1 Å². The van der Waals surface area contributed by atoms with Gasteiger partial charge in [-0.15, -0.1) is 0 Å². The molecule has 0 radical (unpaired) electrons. The van der Waals surface area contributed by atoms with Crippen molar-refractivity contribution in [3.8, 4) is 0 Å². The highest BCUT2D eigenvalue weighted by Gasteiger charge is 2.43. The molecule has 5 heteroatoms. The van der Waals surface area contributed by atoms with Crippen molar-refractivity contribution in [1.82, 2.24) is 4.98 Å². The maximum absolute atomic E-state index is 6.05. The number of hydrogen-bond acceptors (Lipinski definition) is 4. The summed E-state index contributed by atoms with van der Waals surface area (Å²) in [6.45, 7) is 0. The third-order valence-corrected chi connectivity index (χ3v) is 4.03. The lowest BCUT2D eigenvalue weighted by molar-refractivity contribution is 0.756. The first-order valence-corrected chi connectivity index (χ1v) is 5.35. The van der Waals surface area contributed by atoms with Crippen LogP contribution >= 0.6 is 22.9 Å². The van der Waals surface area contributed by atoms with Crippen molar-refractivity contribution in [2.24, 2.45) is 5.73 Å². The van der Waals surface area contributed by atoms with Crippen molar-refractivity contribution in [1.29, 1.82) is 0 Å². The molecule has 1 aliphatic rings. The van der Waals surface area contributed by atoms with Crippen LogP contribution in [0.5, 0.6) is 0 Å². The van der Waals surface area contributed by atoms with E-state index in [0.29, 0.717) is 5.15 Å². The molecule has 0 amide bonds. The van der Waals surface area contributed by atoms with Crippen LogP contribution in [0.2, 0.25) is 5.15 Å². The molecule has 0 saturated heterocycles. The molecule has 1 aromatic heterocycles. The summed E-state index contributed by atoms with van der Waals surface area (Å²) in [5.41, 5.74) is 5.89. The van der Waals surface area contributed by atoms with Gasteiger partial charge >= 0.3 is 0 Å². The fourth-order valence-corrected chi connectivity index (χ4v) is 2.62. The van der Waals surface area contributed by atoms with Crippen molar-refractivity contribution >= 4 is 28.1 Å². The lowest BCUT2D eigenvalue weighted by atomic mass is 10.3. The van der Waals surface area contributed by atoms with Crippen LogP contribution in [0.25, 0.3) is 0 Å². The van der Waals surface area contributed by atoms with Gasteiger partial charge in [-0.1, -0.05) is 22.9 Å². The first-order valence-electron chi connectivity index (χ1n) is 4.16. The molecular formula is C8H12ClN3S. The number of nitrogens with zero attached hydrogens (tertiary/aromatic N) is 2. The first kappa shape index (κ1) is 9.24. The van der Waals surface area contributed by atoms with Gasteiger partial charge in [-0.25, -0.2) is 4.98 Å². The molecule has 1 aliphatic carbocycles. The van der Waals surface area contributed by atoms with Gasteiger partial charge in [0.2, 0.25) is 0 Å². The number of rotatable bonds is 2. The van der Waals surface area contributed by atoms with E-state index in [1.54, 1.807) is 11.3 Å². The molecule has 13 heavy (non-hydrogen) atoms. The van der Waals surface area contributed by atoms with Gasteiger partial charge < -0.3 is 10.6 Å². The van der Waals surface area contributed by atoms with Crippen LogP contribution in [0.4, 0.5) is 5.13 Å². The Labute approximate surface area is 86.5 Å². The Morgan fingerprint density at radius 2 is 2.15 bits per heavy atom. The van der Waals surface area contributed by atoms with Gasteiger partial charge in [-0.2, -0.15) is 0 Å². The highest BCUT2D eigenvalue weighted by Crippen LogP contribution is 2.49. The maximum atomic E-state index is 6.05. The SMILES string of the molecule is CN(C)c1nc(Cl)c(C2(N)CC2)s1. The zero-order chi connectivity index (χ0) is 9.64. The summed E-state index contributed by atoms with van der Waals surface area (Å²) in [5.74, 6) is 0. The molecule has 1 heterocycles. The van der Waals surface area contributed by atoms with Crippen LogP contribution < -0.4 is 10.6 Å². The van der Waals surface area contributed by atoms with Crippen LogP contribution in [0, 0.1) is 0 Å². The van der Waals surface area contributed by atoms with Gasteiger partial charge in [0.1, 0.15) is 5.15 Å². The van der Waals surface area contributed by atoms with E-state index in [0.717, 1.165) is 22.9 Å². The minimum atomic E-state index is -0.164. The maximum Gasteiger partial charge on any atom is 0.186 e. The molecule has 3 nitrogen and oxygen atoms in total.